The first-order valence-corrected chi connectivity index (χ1v) is 7.91. The maximum absolute atomic E-state index is 12.5. The van der Waals surface area contributed by atoms with Gasteiger partial charge in [-0.25, -0.2) is 8.42 Å². The zero-order valence-corrected chi connectivity index (χ0v) is 11.9. The van der Waals surface area contributed by atoms with Crippen LogP contribution in [0, 0.1) is 6.92 Å². The standard InChI is InChI=1S/C14H15NO4S/c1-10-2-4-12(5-3-10)20(17,18)13-8-11-9-19-7-6-15(11)14(13)16/h2-5,8,11H,6-7,9H2,1H3. The van der Waals surface area contributed by atoms with E-state index in [1.165, 1.54) is 18.2 Å². The lowest BCUT2D eigenvalue weighted by Gasteiger charge is -2.29. The van der Waals surface area contributed by atoms with Gasteiger partial charge in [-0.2, -0.15) is 0 Å². The zero-order valence-electron chi connectivity index (χ0n) is 11.1. The molecule has 1 saturated heterocycles. The minimum atomic E-state index is -3.75. The Labute approximate surface area is 117 Å². The largest absolute Gasteiger partial charge is 0.377 e. The Morgan fingerprint density at radius 3 is 2.60 bits per heavy atom. The molecule has 0 aromatic heterocycles. The molecule has 0 aliphatic carbocycles. The fraction of sp³-hybridized carbons (Fsp3) is 0.357. The van der Waals surface area contributed by atoms with Crippen molar-refractivity contribution in [3.63, 3.8) is 0 Å². The van der Waals surface area contributed by atoms with Crippen molar-refractivity contribution in [3.05, 3.63) is 40.8 Å². The minimum Gasteiger partial charge on any atom is -0.377 e. The molecule has 2 heterocycles. The van der Waals surface area contributed by atoms with Gasteiger partial charge in [0, 0.05) is 6.54 Å². The summed E-state index contributed by atoms with van der Waals surface area (Å²) in [6.07, 6.45) is 1.51. The molecule has 1 aromatic rings. The second-order valence-corrected chi connectivity index (χ2v) is 6.91. The minimum absolute atomic E-state index is 0.128. The van der Waals surface area contributed by atoms with E-state index >= 15 is 0 Å². The van der Waals surface area contributed by atoms with Crippen molar-refractivity contribution in [1.82, 2.24) is 4.90 Å². The quantitative estimate of drug-likeness (QED) is 0.812. The first-order valence-electron chi connectivity index (χ1n) is 6.42. The average molecular weight is 293 g/mol. The zero-order chi connectivity index (χ0) is 14.3. The van der Waals surface area contributed by atoms with Gasteiger partial charge in [0.2, 0.25) is 9.84 Å². The molecule has 0 N–H and O–H groups in total. The third kappa shape index (κ3) is 2.05. The summed E-state index contributed by atoms with van der Waals surface area (Å²) in [5, 5.41) is 0. The molecule has 1 fully saturated rings. The van der Waals surface area contributed by atoms with E-state index in [0.717, 1.165) is 5.56 Å². The van der Waals surface area contributed by atoms with Gasteiger partial charge in [-0.3, -0.25) is 4.79 Å². The Kier molecular flexibility index (Phi) is 3.14. The van der Waals surface area contributed by atoms with Crippen LogP contribution in [0.3, 0.4) is 0 Å². The van der Waals surface area contributed by atoms with Gasteiger partial charge in [0.1, 0.15) is 4.91 Å². The highest BCUT2D eigenvalue weighted by atomic mass is 32.2. The number of rotatable bonds is 2. The van der Waals surface area contributed by atoms with Crippen LogP contribution in [0.5, 0.6) is 0 Å². The summed E-state index contributed by atoms with van der Waals surface area (Å²) in [5.41, 5.74) is 0.974. The molecule has 3 rings (SSSR count). The topological polar surface area (TPSA) is 63.7 Å². The van der Waals surface area contributed by atoms with E-state index in [0.29, 0.717) is 19.8 Å². The van der Waals surface area contributed by atoms with Crippen LogP contribution in [0.1, 0.15) is 5.56 Å². The van der Waals surface area contributed by atoms with E-state index in [2.05, 4.69) is 0 Å². The molecule has 0 spiro atoms. The van der Waals surface area contributed by atoms with Crippen molar-refractivity contribution in [1.29, 1.82) is 0 Å². The lowest BCUT2D eigenvalue weighted by molar-refractivity contribution is -0.130. The summed E-state index contributed by atoms with van der Waals surface area (Å²) in [7, 11) is -3.75. The second-order valence-electron chi connectivity index (χ2n) is 4.99. The van der Waals surface area contributed by atoms with Crippen LogP contribution in [0.4, 0.5) is 0 Å². The summed E-state index contributed by atoms with van der Waals surface area (Å²) >= 11 is 0. The number of benzene rings is 1. The Morgan fingerprint density at radius 1 is 1.25 bits per heavy atom. The molecule has 106 valence electrons. The lowest BCUT2D eigenvalue weighted by Crippen LogP contribution is -2.44. The molecule has 1 aromatic carbocycles. The molecule has 2 aliphatic rings. The number of aryl methyl sites for hydroxylation is 1. The Balaban J connectivity index is 1.99. The number of hydrogen-bond acceptors (Lipinski definition) is 4. The maximum atomic E-state index is 12.5. The summed E-state index contributed by atoms with van der Waals surface area (Å²) in [4.78, 5) is 13.8. The van der Waals surface area contributed by atoms with Crippen LogP contribution in [-0.4, -0.2) is 45.0 Å². The first kappa shape index (κ1) is 13.3. The number of amides is 1. The highest BCUT2D eigenvalue weighted by molar-refractivity contribution is 7.96. The van der Waals surface area contributed by atoms with E-state index < -0.39 is 15.7 Å². The predicted molar refractivity (Wildman–Crippen MR) is 72.8 cm³/mol. The Morgan fingerprint density at radius 2 is 1.95 bits per heavy atom. The smallest absolute Gasteiger partial charge is 0.266 e. The molecule has 20 heavy (non-hydrogen) atoms. The first-order chi connectivity index (χ1) is 9.50. The SMILES string of the molecule is Cc1ccc(S(=O)(=O)C2=CC3COCCN3C2=O)cc1. The third-order valence-corrected chi connectivity index (χ3v) is 5.38. The van der Waals surface area contributed by atoms with Crippen molar-refractivity contribution < 1.29 is 17.9 Å². The predicted octanol–water partition coefficient (Wildman–Crippen LogP) is 0.894. The summed E-state index contributed by atoms with van der Waals surface area (Å²) in [5.74, 6) is -0.418. The van der Waals surface area contributed by atoms with Crippen molar-refractivity contribution in [2.45, 2.75) is 17.9 Å². The highest BCUT2D eigenvalue weighted by Gasteiger charge is 2.40. The van der Waals surface area contributed by atoms with Crippen molar-refractivity contribution in [2.75, 3.05) is 19.8 Å². The number of ether oxygens (including phenoxy) is 1. The number of nitrogens with zero attached hydrogens (tertiary/aromatic N) is 1. The van der Waals surface area contributed by atoms with Gasteiger partial charge in [-0.15, -0.1) is 0 Å². The van der Waals surface area contributed by atoms with Crippen LogP contribution in [-0.2, 0) is 19.4 Å². The van der Waals surface area contributed by atoms with Gasteiger partial charge in [0.15, 0.2) is 0 Å². The Bertz CT molecular complexity index is 676. The maximum Gasteiger partial charge on any atom is 0.266 e. The molecule has 5 nitrogen and oxygen atoms in total. The van der Waals surface area contributed by atoms with Gasteiger partial charge in [-0.1, -0.05) is 17.7 Å². The van der Waals surface area contributed by atoms with Gasteiger partial charge in [-0.05, 0) is 25.1 Å². The summed E-state index contributed by atoms with van der Waals surface area (Å²) in [6, 6.07) is 6.26. The van der Waals surface area contributed by atoms with Crippen LogP contribution < -0.4 is 0 Å². The molecule has 6 heteroatoms. The fourth-order valence-corrected chi connectivity index (χ4v) is 3.88. The summed E-state index contributed by atoms with van der Waals surface area (Å²) < 4.78 is 30.4. The number of hydrogen-bond donors (Lipinski definition) is 0. The van der Waals surface area contributed by atoms with Crippen LogP contribution >= 0.6 is 0 Å². The molecule has 1 unspecified atom stereocenters. The van der Waals surface area contributed by atoms with Crippen molar-refractivity contribution >= 4 is 15.7 Å². The van der Waals surface area contributed by atoms with E-state index in [4.69, 9.17) is 4.74 Å². The monoisotopic (exact) mass is 293 g/mol. The van der Waals surface area contributed by atoms with E-state index in [-0.39, 0.29) is 15.8 Å². The number of morpholine rings is 1. The van der Waals surface area contributed by atoms with Gasteiger partial charge < -0.3 is 9.64 Å². The molecule has 0 saturated carbocycles. The van der Waals surface area contributed by atoms with Gasteiger partial charge >= 0.3 is 0 Å². The van der Waals surface area contributed by atoms with Gasteiger partial charge in [0.25, 0.3) is 5.91 Å². The number of fused-ring (bicyclic) bond motifs is 1. The van der Waals surface area contributed by atoms with Crippen LogP contribution in [0.25, 0.3) is 0 Å². The Hall–Kier alpha value is -1.66. The molecular weight excluding hydrogens is 278 g/mol. The van der Waals surface area contributed by atoms with Crippen LogP contribution in [0.15, 0.2) is 40.1 Å². The van der Waals surface area contributed by atoms with E-state index in [9.17, 15) is 13.2 Å². The third-order valence-electron chi connectivity index (χ3n) is 3.60. The summed E-state index contributed by atoms with van der Waals surface area (Å²) in [6.45, 7) is 3.13. The molecule has 1 amide bonds. The second kappa shape index (κ2) is 4.71. The normalized spacial score (nSPS) is 22.6. The van der Waals surface area contributed by atoms with Crippen molar-refractivity contribution in [2.24, 2.45) is 0 Å². The molecule has 0 bridgehead atoms. The highest BCUT2D eigenvalue weighted by Crippen LogP contribution is 2.29. The van der Waals surface area contributed by atoms with Crippen molar-refractivity contribution in [3.8, 4) is 0 Å². The molecule has 2 aliphatic heterocycles. The molecule has 1 atom stereocenters. The molecule has 0 radical (unpaired) electrons. The average Bonchev–Trinajstić information content (AvgIpc) is 2.78. The lowest BCUT2D eigenvalue weighted by atomic mass is 10.2. The van der Waals surface area contributed by atoms with E-state index in [1.54, 1.807) is 17.0 Å². The van der Waals surface area contributed by atoms with Gasteiger partial charge in [0.05, 0.1) is 24.2 Å². The number of sulfone groups is 1. The number of carbonyl (C=O) groups is 1. The van der Waals surface area contributed by atoms with Crippen LogP contribution in [0.2, 0.25) is 0 Å². The number of carbonyl (C=O) groups excluding carboxylic acids is 1. The van der Waals surface area contributed by atoms with E-state index in [1.807, 2.05) is 6.92 Å². The molecular formula is C14H15NO4S. The fourth-order valence-electron chi connectivity index (χ4n) is 2.45.